The molecule has 0 fully saturated rings. The highest BCUT2D eigenvalue weighted by Crippen LogP contribution is 2.37. The maximum atomic E-state index is 14.0. The second-order valence-electron chi connectivity index (χ2n) is 6.96. The van der Waals surface area contributed by atoms with E-state index in [9.17, 15) is 12.6 Å². The summed E-state index contributed by atoms with van der Waals surface area (Å²) in [5, 5.41) is -0.518. The van der Waals surface area contributed by atoms with E-state index in [1.807, 2.05) is 37.7 Å². The monoisotopic (exact) mass is 431 g/mol. The van der Waals surface area contributed by atoms with Crippen LogP contribution in [0.25, 0.3) is 0 Å². The maximum absolute atomic E-state index is 14.0. The van der Waals surface area contributed by atoms with Crippen LogP contribution in [0.4, 0.5) is 0 Å². The molecule has 0 aliphatic heterocycles. The van der Waals surface area contributed by atoms with Crippen molar-refractivity contribution in [1.29, 1.82) is 0 Å². The van der Waals surface area contributed by atoms with E-state index in [2.05, 4.69) is 3.77 Å². The van der Waals surface area contributed by atoms with E-state index < -0.39 is 29.7 Å². The molecule has 2 rings (SSSR count). The molecule has 2 unspecified atom stereocenters. The van der Waals surface area contributed by atoms with Crippen molar-refractivity contribution < 1.29 is 12.6 Å². The Hall–Kier alpha value is -0.700. The normalized spacial score (nSPS) is 19.9. The summed E-state index contributed by atoms with van der Waals surface area (Å²) in [6, 6.07) is 5.11. The fraction of sp³-hybridized carbons (Fsp3) is 0.444. The second-order valence-corrected chi connectivity index (χ2v) is 13.5. The summed E-state index contributed by atoms with van der Waals surface area (Å²) in [7, 11) is -7.21. The van der Waals surface area contributed by atoms with Crippen molar-refractivity contribution in [2.45, 2.75) is 47.5 Å². The highest BCUT2D eigenvalue weighted by molar-refractivity contribution is 8.07. The van der Waals surface area contributed by atoms with Gasteiger partial charge >= 0.3 is 0 Å². The summed E-state index contributed by atoms with van der Waals surface area (Å²) >= 11 is 2.82. The van der Waals surface area contributed by atoms with Crippen molar-refractivity contribution in [3.63, 3.8) is 0 Å². The fourth-order valence-corrected chi connectivity index (χ4v) is 9.71. The van der Waals surface area contributed by atoms with E-state index in [4.69, 9.17) is 0 Å². The molecule has 0 bridgehead atoms. The molecule has 1 aliphatic rings. The molecule has 0 spiro atoms. The molecule has 2 atom stereocenters. The van der Waals surface area contributed by atoms with Crippen LogP contribution < -0.4 is 0 Å². The van der Waals surface area contributed by atoms with Crippen LogP contribution in [0, 0.1) is 6.92 Å². The Morgan fingerprint density at radius 2 is 1.73 bits per heavy atom. The zero-order valence-corrected chi connectivity index (χ0v) is 19.1. The van der Waals surface area contributed by atoms with Crippen LogP contribution in [0.5, 0.6) is 0 Å². The van der Waals surface area contributed by atoms with Gasteiger partial charge in [0.05, 0.1) is 15.0 Å². The van der Waals surface area contributed by atoms with E-state index in [1.54, 1.807) is 39.0 Å². The van der Waals surface area contributed by atoms with Crippen molar-refractivity contribution in [1.82, 2.24) is 0 Å². The average molecular weight is 432 g/mol. The average Bonchev–Trinajstić information content (AvgIpc) is 3.02. The first-order chi connectivity index (χ1) is 12.0. The lowest BCUT2D eigenvalue weighted by molar-refractivity contribution is 0.594. The van der Waals surface area contributed by atoms with Gasteiger partial charge in [-0.15, -0.1) is 27.3 Å². The molecule has 8 heteroatoms. The molecule has 0 N–H and O–H groups in total. The summed E-state index contributed by atoms with van der Waals surface area (Å²) in [5.74, 6) is 0. The molecule has 0 aromatic heterocycles. The molecular formula is C18H25NO3S4. The summed E-state index contributed by atoms with van der Waals surface area (Å²) in [6.45, 7) is 7.25. The molecule has 26 heavy (non-hydrogen) atoms. The SMILES string of the molecule is CSC1=CC=CC1S(=O)(=NS(=O)(=O)c1ccc(C)cc1SC)C(C)(C)C. The number of thioether (sulfide) groups is 2. The molecule has 0 saturated heterocycles. The third kappa shape index (κ3) is 4.08. The van der Waals surface area contributed by atoms with Crippen molar-refractivity contribution in [2.75, 3.05) is 12.5 Å². The molecular weight excluding hydrogens is 406 g/mol. The molecule has 1 aromatic carbocycles. The number of hydrogen-bond acceptors (Lipinski definition) is 5. The van der Waals surface area contributed by atoms with E-state index in [-0.39, 0.29) is 4.90 Å². The van der Waals surface area contributed by atoms with Crippen LogP contribution in [-0.4, -0.2) is 35.1 Å². The zero-order chi connectivity index (χ0) is 19.8. The number of rotatable bonds is 5. The quantitative estimate of drug-likeness (QED) is 0.623. The Labute approximate surface area is 166 Å². The summed E-state index contributed by atoms with van der Waals surface area (Å²) < 4.78 is 43.5. The van der Waals surface area contributed by atoms with Crippen LogP contribution >= 0.6 is 23.5 Å². The Morgan fingerprint density at radius 3 is 2.27 bits per heavy atom. The Bertz CT molecular complexity index is 976. The lowest BCUT2D eigenvalue weighted by Crippen LogP contribution is -2.37. The number of allylic oxidation sites excluding steroid dienone is 2. The van der Waals surface area contributed by atoms with E-state index in [0.29, 0.717) is 4.90 Å². The molecule has 0 saturated carbocycles. The van der Waals surface area contributed by atoms with Crippen LogP contribution in [0.3, 0.4) is 0 Å². The first-order valence-electron chi connectivity index (χ1n) is 8.05. The minimum Gasteiger partial charge on any atom is -0.247 e. The lowest BCUT2D eigenvalue weighted by Gasteiger charge is -2.29. The van der Waals surface area contributed by atoms with Gasteiger partial charge in [-0.3, -0.25) is 0 Å². The molecule has 1 aliphatic carbocycles. The van der Waals surface area contributed by atoms with Crippen LogP contribution in [0.15, 0.2) is 54.9 Å². The Kier molecular flexibility index (Phi) is 6.42. The minimum atomic E-state index is -4.07. The number of sulfonamides is 1. The van der Waals surface area contributed by atoms with Crippen molar-refractivity contribution in [2.24, 2.45) is 3.77 Å². The zero-order valence-electron chi connectivity index (χ0n) is 15.8. The molecule has 0 amide bonds. The molecule has 0 radical (unpaired) electrons. The fourth-order valence-electron chi connectivity index (χ4n) is 2.60. The lowest BCUT2D eigenvalue weighted by atomic mass is 10.2. The van der Waals surface area contributed by atoms with E-state index in [1.165, 1.54) is 23.5 Å². The second kappa shape index (κ2) is 7.73. The summed E-state index contributed by atoms with van der Waals surface area (Å²) in [5.41, 5.74) is 0.969. The van der Waals surface area contributed by atoms with E-state index in [0.717, 1.165) is 10.5 Å². The van der Waals surface area contributed by atoms with Gasteiger partial charge in [0.1, 0.15) is 4.90 Å². The molecule has 4 nitrogen and oxygen atoms in total. The predicted molar refractivity (Wildman–Crippen MR) is 115 cm³/mol. The minimum absolute atomic E-state index is 0.115. The third-order valence-electron chi connectivity index (χ3n) is 4.09. The van der Waals surface area contributed by atoms with Gasteiger partial charge in [-0.05, 0) is 57.9 Å². The number of hydrogen-bond donors (Lipinski definition) is 0. The van der Waals surface area contributed by atoms with Crippen LogP contribution in [0.2, 0.25) is 0 Å². The van der Waals surface area contributed by atoms with Gasteiger partial charge in [0.25, 0.3) is 10.0 Å². The Balaban J connectivity index is 2.74. The van der Waals surface area contributed by atoms with E-state index >= 15 is 0 Å². The van der Waals surface area contributed by atoms with Crippen molar-refractivity contribution in [3.05, 3.63) is 46.9 Å². The standard InChI is InChI=1S/C18H25NO3S4/c1-13-10-11-17(15(12-13)24-6)26(21,22)19-25(20,18(2,3)4)16-9-7-8-14(16)23-5/h7-12,16H,1-6H3. The van der Waals surface area contributed by atoms with Gasteiger partial charge in [-0.1, -0.05) is 24.3 Å². The molecule has 0 heterocycles. The van der Waals surface area contributed by atoms with Crippen molar-refractivity contribution >= 4 is 43.3 Å². The smallest absolute Gasteiger partial charge is 0.247 e. The van der Waals surface area contributed by atoms with Crippen molar-refractivity contribution in [3.8, 4) is 0 Å². The van der Waals surface area contributed by atoms with Gasteiger partial charge in [-0.25, -0.2) is 4.21 Å². The Morgan fingerprint density at radius 1 is 1.08 bits per heavy atom. The first kappa shape index (κ1) is 21.6. The third-order valence-corrected chi connectivity index (χ3v) is 11.4. The van der Waals surface area contributed by atoms with Gasteiger partial charge in [-0.2, -0.15) is 8.42 Å². The van der Waals surface area contributed by atoms with Gasteiger partial charge < -0.3 is 0 Å². The largest absolute Gasteiger partial charge is 0.291 e. The first-order valence-corrected chi connectivity index (χ1v) is 13.5. The molecule has 144 valence electrons. The maximum Gasteiger partial charge on any atom is 0.291 e. The van der Waals surface area contributed by atoms with Gasteiger partial charge in [0, 0.05) is 14.5 Å². The highest BCUT2D eigenvalue weighted by Gasteiger charge is 2.39. The number of benzene rings is 1. The number of aryl methyl sites for hydroxylation is 1. The van der Waals surface area contributed by atoms with Crippen LogP contribution in [-0.2, 0) is 19.8 Å². The van der Waals surface area contributed by atoms with Crippen LogP contribution in [0.1, 0.15) is 26.3 Å². The summed E-state index contributed by atoms with van der Waals surface area (Å²) in [4.78, 5) is 1.61. The molecule has 1 aromatic rings. The summed E-state index contributed by atoms with van der Waals surface area (Å²) in [6.07, 6.45) is 9.21. The predicted octanol–water partition coefficient (Wildman–Crippen LogP) is 4.86. The van der Waals surface area contributed by atoms with Gasteiger partial charge in [0.15, 0.2) is 0 Å². The highest BCUT2D eigenvalue weighted by atomic mass is 32.3. The topological polar surface area (TPSA) is 63.6 Å². The number of nitrogens with zero attached hydrogens (tertiary/aromatic N) is 1. The van der Waals surface area contributed by atoms with Gasteiger partial charge in [0.2, 0.25) is 0 Å².